The van der Waals surface area contributed by atoms with Gasteiger partial charge < -0.3 is 10.1 Å². The van der Waals surface area contributed by atoms with Crippen molar-refractivity contribution in [2.75, 3.05) is 24.1 Å². The Bertz CT molecular complexity index is 857. The minimum absolute atomic E-state index is 0.136. The van der Waals surface area contributed by atoms with Crippen LogP contribution < -0.4 is 14.8 Å². The number of amides is 1. The van der Waals surface area contributed by atoms with E-state index in [1.54, 1.807) is 0 Å². The number of carbonyl (C=O) groups excluding carboxylic acids is 1. The molecule has 2 aromatic rings. The first-order chi connectivity index (χ1) is 11.7. The van der Waals surface area contributed by atoms with Gasteiger partial charge in [-0.1, -0.05) is 11.6 Å². The average Bonchev–Trinajstić information content (AvgIpc) is 2.53. The van der Waals surface area contributed by atoms with Gasteiger partial charge in [-0.15, -0.1) is 0 Å². The largest absolute Gasteiger partial charge is 0.492 e. The lowest BCUT2D eigenvalue weighted by Crippen LogP contribution is -2.28. The summed E-state index contributed by atoms with van der Waals surface area (Å²) >= 11 is 5.98. The highest BCUT2D eigenvalue weighted by atomic mass is 35.5. The Hall–Kier alpha value is -2.32. The molecule has 0 radical (unpaired) electrons. The van der Waals surface area contributed by atoms with E-state index in [0.29, 0.717) is 5.75 Å². The molecule has 0 unspecified atom stereocenters. The summed E-state index contributed by atoms with van der Waals surface area (Å²) in [6, 6.07) is 9.74. The second-order valence-corrected chi connectivity index (χ2v) is 7.28. The third kappa shape index (κ3) is 6.24. The van der Waals surface area contributed by atoms with E-state index in [4.69, 9.17) is 16.3 Å². The number of halogens is 2. The standard InChI is InChI=1S/C16H16ClFN2O4S/c1-25(22,23)20-12-4-7-15(17)14(10-12)16(21)19-8-9-24-13-5-2-11(18)3-6-13/h2-7,10,20H,8-9H2,1H3,(H,19,21). The van der Waals surface area contributed by atoms with Crippen LogP contribution in [0.5, 0.6) is 5.75 Å². The summed E-state index contributed by atoms with van der Waals surface area (Å²) in [4.78, 5) is 12.2. The zero-order chi connectivity index (χ0) is 18.4. The third-order valence-electron chi connectivity index (χ3n) is 2.98. The summed E-state index contributed by atoms with van der Waals surface area (Å²) in [6.07, 6.45) is 1.01. The average molecular weight is 387 g/mol. The summed E-state index contributed by atoms with van der Waals surface area (Å²) in [6.45, 7) is 0.368. The first-order valence-corrected chi connectivity index (χ1v) is 9.45. The minimum Gasteiger partial charge on any atom is -0.492 e. The molecule has 9 heteroatoms. The van der Waals surface area contributed by atoms with Crippen molar-refractivity contribution in [3.8, 4) is 5.75 Å². The van der Waals surface area contributed by atoms with Gasteiger partial charge in [-0.05, 0) is 42.5 Å². The molecular formula is C16H16ClFN2O4S. The second-order valence-electron chi connectivity index (χ2n) is 5.13. The van der Waals surface area contributed by atoms with Crippen molar-refractivity contribution in [3.05, 3.63) is 58.9 Å². The minimum atomic E-state index is -3.46. The van der Waals surface area contributed by atoms with Crippen LogP contribution in [0.25, 0.3) is 0 Å². The van der Waals surface area contributed by atoms with Gasteiger partial charge in [-0.25, -0.2) is 12.8 Å². The second kappa shape index (κ2) is 8.17. The highest BCUT2D eigenvalue weighted by Crippen LogP contribution is 2.21. The molecule has 2 rings (SSSR count). The molecular weight excluding hydrogens is 371 g/mol. The van der Waals surface area contributed by atoms with Crippen molar-refractivity contribution in [1.29, 1.82) is 0 Å². The zero-order valence-electron chi connectivity index (χ0n) is 13.3. The van der Waals surface area contributed by atoms with Crippen LogP contribution in [0.4, 0.5) is 10.1 Å². The van der Waals surface area contributed by atoms with Gasteiger partial charge in [0.05, 0.1) is 23.4 Å². The van der Waals surface area contributed by atoms with Crippen molar-refractivity contribution in [2.45, 2.75) is 0 Å². The molecule has 0 aliphatic heterocycles. The van der Waals surface area contributed by atoms with E-state index >= 15 is 0 Å². The van der Waals surface area contributed by atoms with Crippen LogP contribution in [0.1, 0.15) is 10.4 Å². The number of carbonyl (C=O) groups is 1. The van der Waals surface area contributed by atoms with E-state index < -0.39 is 15.9 Å². The van der Waals surface area contributed by atoms with E-state index in [0.717, 1.165) is 6.26 Å². The van der Waals surface area contributed by atoms with Gasteiger partial charge in [-0.3, -0.25) is 9.52 Å². The fourth-order valence-corrected chi connectivity index (χ4v) is 2.69. The van der Waals surface area contributed by atoms with Crippen LogP contribution in [0.3, 0.4) is 0 Å². The highest BCUT2D eigenvalue weighted by Gasteiger charge is 2.12. The molecule has 2 aromatic carbocycles. The van der Waals surface area contributed by atoms with Crippen molar-refractivity contribution >= 4 is 33.2 Å². The molecule has 0 aromatic heterocycles. The van der Waals surface area contributed by atoms with Gasteiger partial charge in [-0.2, -0.15) is 0 Å². The number of anilines is 1. The van der Waals surface area contributed by atoms with Crippen molar-refractivity contribution in [1.82, 2.24) is 5.32 Å². The Morgan fingerprint density at radius 3 is 2.52 bits per heavy atom. The molecule has 0 aliphatic rings. The van der Waals surface area contributed by atoms with Crippen LogP contribution in [-0.4, -0.2) is 33.7 Å². The molecule has 0 heterocycles. The lowest BCUT2D eigenvalue weighted by Gasteiger charge is -2.10. The van der Waals surface area contributed by atoms with Crippen LogP contribution in [-0.2, 0) is 10.0 Å². The molecule has 0 saturated heterocycles. The third-order valence-corrected chi connectivity index (χ3v) is 3.92. The number of rotatable bonds is 7. The lowest BCUT2D eigenvalue weighted by atomic mass is 10.2. The SMILES string of the molecule is CS(=O)(=O)Nc1ccc(Cl)c(C(=O)NCCOc2ccc(F)cc2)c1. The zero-order valence-corrected chi connectivity index (χ0v) is 14.8. The molecule has 6 nitrogen and oxygen atoms in total. The van der Waals surface area contributed by atoms with E-state index in [1.165, 1.54) is 42.5 Å². The number of hydrogen-bond donors (Lipinski definition) is 2. The summed E-state index contributed by atoms with van der Waals surface area (Å²) in [5.74, 6) is -0.351. The van der Waals surface area contributed by atoms with Gasteiger partial charge in [0, 0.05) is 5.69 Å². The molecule has 2 N–H and O–H groups in total. The van der Waals surface area contributed by atoms with Crippen molar-refractivity contribution in [2.24, 2.45) is 0 Å². The lowest BCUT2D eigenvalue weighted by molar-refractivity contribution is 0.0947. The van der Waals surface area contributed by atoms with Gasteiger partial charge in [0.1, 0.15) is 18.2 Å². The summed E-state index contributed by atoms with van der Waals surface area (Å²) in [5, 5.41) is 2.80. The first-order valence-electron chi connectivity index (χ1n) is 7.18. The predicted molar refractivity (Wildman–Crippen MR) is 94.1 cm³/mol. The van der Waals surface area contributed by atoms with Gasteiger partial charge >= 0.3 is 0 Å². The Kier molecular flexibility index (Phi) is 6.22. The van der Waals surface area contributed by atoms with Crippen LogP contribution in [0, 0.1) is 5.82 Å². The molecule has 0 fully saturated rings. The maximum Gasteiger partial charge on any atom is 0.252 e. The molecule has 25 heavy (non-hydrogen) atoms. The fourth-order valence-electron chi connectivity index (χ4n) is 1.94. The maximum atomic E-state index is 12.8. The molecule has 0 saturated carbocycles. The number of hydrogen-bond acceptors (Lipinski definition) is 4. The van der Waals surface area contributed by atoms with Crippen molar-refractivity contribution < 1.29 is 22.3 Å². The smallest absolute Gasteiger partial charge is 0.252 e. The Balaban J connectivity index is 1.91. The van der Waals surface area contributed by atoms with Crippen molar-refractivity contribution in [3.63, 3.8) is 0 Å². The van der Waals surface area contributed by atoms with E-state index in [-0.39, 0.29) is 35.2 Å². The number of benzene rings is 2. The predicted octanol–water partition coefficient (Wildman–Crippen LogP) is 2.66. The van der Waals surface area contributed by atoms with Gasteiger partial charge in [0.2, 0.25) is 10.0 Å². The molecule has 134 valence electrons. The van der Waals surface area contributed by atoms with E-state index in [1.807, 2.05) is 0 Å². The molecule has 0 atom stereocenters. The highest BCUT2D eigenvalue weighted by molar-refractivity contribution is 7.92. The van der Waals surface area contributed by atoms with Gasteiger partial charge in [0.25, 0.3) is 5.91 Å². The normalized spacial score (nSPS) is 11.0. The quantitative estimate of drug-likeness (QED) is 0.716. The van der Waals surface area contributed by atoms with Crippen LogP contribution >= 0.6 is 11.6 Å². The number of sulfonamides is 1. The molecule has 1 amide bonds. The summed E-state index contributed by atoms with van der Waals surface area (Å²) in [7, 11) is -3.46. The fraction of sp³-hybridized carbons (Fsp3) is 0.188. The van der Waals surface area contributed by atoms with E-state index in [9.17, 15) is 17.6 Å². The Labute approximate surface area is 150 Å². The van der Waals surface area contributed by atoms with Gasteiger partial charge in [0.15, 0.2) is 0 Å². The maximum absolute atomic E-state index is 12.8. The molecule has 0 bridgehead atoms. The Morgan fingerprint density at radius 2 is 1.88 bits per heavy atom. The van der Waals surface area contributed by atoms with E-state index in [2.05, 4.69) is 10.0 Å². The monoisotopic (exact) mass is 386 g/mol. The number of ether oxygens (including phenoxy) is 1. The molecule has 0 spiro atoms. The first kappa shape index (κ1) is 19.0. The van der Waals surface area contributed by atoms with Crippen LogP contribution in [0.15, 0.2) is 42.5 Å². The summed E-state index contributed by atoms with van der Waals surface area (Å²) < 4.78 is 42.9. The summed E-state index contributed by atoms with van der Waals surface area (Å²) in [5.41, 5.74) is 0.372. The Morgan fingerprint density at radius 1 is 1.20 bits per heavy atom. The van der Waals surface area contributed by atoms with Crippen LogP contribution in [0.2, 0.25) is 5.02 Å². The topological polar surface area (TPSA) is 84.5 Å². The number of nitrogens with one attached hydrogen (secondary N) is 2. The molecule has 0 aliphatic carbocycles.